The van der Waals surface area contributed by atoms with Crippen LogP contribution in [0.2, 0.25) is 0 Å². The molecule has 0 spiro atoms. The van der Waals surface area contributed by atoms with E-state index >= 15 is 0 Å². The summed E-state index contributed by atoms with van der Waals surface area (Å²) in [5, 5.41) is 18.7. The van der Waals surface area contributed by atoms with Gasteiger partial charge in [-0.2, -0.15) is 5.10 Å². The highest BCUT2D eigenvalue weighted by Gasteiger charge is 2.11. The molecule has 0 aliphatic carbocycles. The maximum atomic E-state index is 12.2. The Kier molecular flexibility index (Phi) is 5.24. The van der Waals surface area contributed by atoms with Crippen LogP contribution in [0.15, 0.2) is 30.6 Å². The first-order chi connectivity index (χ1) is 11.8. The number of hydrogen-bond donors (Lipinski definition) is 2. The molecule has 3 rings (SSSR count). The summed E-state index contributed by atoms with van der Waals surface area (Å²) in [6.45, 7) is 3.22. The van der Waals surface area contributed by atoms with Crippen LogP contribution in [0, 0.1) is 0 Å². The van der Waals surface area contributed by atoms with E-state index in [0.717, 1.165) is 10.6 Å². The standard InChI is InChI=1S/C15H16N6O2S/c1-2-23-8-7-12-19-21-15(24-12)18-14(22)11-5-3-10(4-6-11)13-16-9-17-20-13/h3-6,9H,2,7-8H2,1H3,(H,16,17,20)(H,18,21,22). The maximum Gasteiger partial charge on any atom is 0.257 e. The summed E-state index contributed by atoms with van der Waals surface area (Å²) in [7, 11) is 0. The van der Waals surface area contributed by atoms with Gasteiger partial charge in [-0.15, -0.1) is 10.2 Å². The highest BCUT2D eigenvalue weighted by molar-refractivity contribution is 7.15. The van der Waals surface area contributed by atoms with Crippen molar-refractivity contribution >= 4 is 22.4 Å². The van der Waals surface area contributed by atoms with E-state index in [9.17, 15) is 4.79 Å². The van der Waals surface area contributed by atoms with Crippen molar-refractivity contribution in [3.05, 3.63) is 41.2 Å². The summed E-state index contributed by atoms with van der Waals surface area (Å²) in [5.41, 5.74) is 1.39. The molecule has 0 atom stereocenters. The van der Waals surface area contributed by atoms with Crippen LogP contribution in [0.1, 0.15) is 22.3 Å². The number of rotatable bonds is 7. The van der Waals surface area contributed by atoms with Gasteiger partial charge in [0.1, 0.15) is 11.3 Å². The number of aromatic nitrogens is 5. The van der Waals surface area contributed by atoms with Crippen molar-refractivity contribution in [2.45, 2.75) is 13.3 Å². The van der Waals surface area contributed by atoms with Gasteiger partial charge in [0, 0.05) is 24.2 Å². The number of carbonyl (C=O) groups is 1. The zero-order valence-corrected chi connectivity index (χ0v) is 13.8. The van der Waals surface area contributed by atoms with Crippen molar-refractivity contribution in [1.82, 2.24) is 25.4 Å². The van der Waals surface area contributed by atoms with E-state index in [1.54, 1.807) is 12.1 Å². The molecule has 2 N–H and O–H groups in total. The predicted molar refractivity (Wildman–Crippen MR) is 89.9 cm³/mol. The Morgan fingerprint density at radius 3 is 2.83 bits per heavy atom. The molecule has 0 aliphatic heterocycles. The van der Waals surface area contributed by atoms with Gasteiger partial charge in [-0.25, -0.2) is 4.98 Å². The lowest BCUT2D eigenvalue weighted by Crippen LogP contribution is -2.11. The smallest absolute Gasteiger partial charge is 0.257 e. The normalized spacial score (nSPS) is 10.7. The molecule has 3 aromatic rings. The molecule has 1 aromatic carbocycles. The average Bonchev–Trinajstić information content (AvgIpc) is 3.27. The average molecular weight is 344 g/mol. The monoisotopic (exact) mass is 344 g/mol. The molecule has 9 heteroatoms. The van der Waals surface area contributed by atoms with Crippen LogP contribution in [0.4, 0.5) is 5.13 Å². The second-order valence-electron chi connectivity index (χ2n) is 4.81. The third-order valence-electron chi connectivity index (χ3n) is 3.19. The molecular weight excluding hydrogens is 328 g/mol. The quantitative estimate of drug-likeness (QED) is 0.636. The van der Waals surface area contributed by atoms with Crippen LogP contribution in [0.25, 0.3) is 11.4 Å². The van der Waals surface area contributed by atoms with Gasteiger partial charge in [0.25, 0.3) is 5.91 Å². The Bertz CT molecular complexity index is 785. The van der Waals surface area contributed by atoms with Gasteiger partial charge in [-0.05, 0) is 19.1 Å². The SMILES string of the molecule is CCOCCc1nnc(NC(=O)c2ccc(-c3ncn[nH]3)cc2)s1. The van der Waals surface area contributed by atoms with Crippen molar-refractivity contribution in [3.63, 3.8) is 0 Å². The summed E-state index contributed by atoms with van der Waals surface area (Å²) >= 11 is 1.35. The number of anilines is 1. The summed E-state index contributed by atoms with van der Waals surface area (Å²) in [6, 6.07) is 7.07. The molecule has 0 bridgehead atoms. The predicted octanol–water partition coefficient (Wildman–Crippen LogP) is 2.15. The van der Waals surface area contributed by atoms with Crippen molar-refractivity contribution < 1.29 is 9.53 Å². The zero-order chi connectivity index (χ0) is 16.8. The Labute approximate surface area is 142 Å². The van der Waals surface area contributed by atoms with E-state index in [-0.39, 0.29) is 5.91 Å². The number of carbonyl (C=O) groups excluding carboxylic acids is 1. The molecule has 0 unspecified atom stereocenters. The molecule has 2 heterocycles. The van der Waals surface area contributed by atoms with Gasteiger partial charge in [-0.3, -0.25) is 15.2 Å². The maximum absolute atomic E-state index is 12.2. The van der Waals surface area contributed by atoms with Crippen LogP contribution >= 0.6 is 11.3 Å². The Morgan fingerprint density at radius 1 is 1.29 bits per heavy atom. The van der Waals surface area contributed by atoms with E-state index in [1.807, 2.05) is 19.1 Å². The molecule has 8 nitrogen and oxygen atoms in total. The molecule has 24 heavy (non-hydrogen) atoms. The van der Waals surface area contributed by atoms with Crippen molar-refractivity contribution in [2.24, 2.45) is 0 Å². The number of H-pyrrole nitrogens is 1. The molecule has 0 radical (unpaired) electrons. The largest absolute Gasteiger partial charge is 0.381 e. The second kappa shape index (κ2) is 7.75. The van der Waals surface area contributed by atoms with Crippen molar-refractivity contribution in [3.8, 4) is 11.4 Å². The van der Waals surface area contributed by atoms with E-state index in [2.05, 4.69) is 30.7 Å². The third kappa shape index (κ3) is 4.00. The van der Waals surface area contributed by atoms with Crippen molar-refractivity contribution in [2.75, 3.05) is 18.5 Å². The molecule has 2 aromatic heterocycles. The fraction of sp³-hybridized carbons (Fsp3) is 0.267. The van der Waals surface area contributed by atoms with Crippen LogP contribution in [-0.2, 0) is 11.2 Å². The lowest BCUT2D eigenvalue weighted by molar-refractivity contribution is 0.102. The molecule has 0 saturated carbocycles. The fourth-order valence-corrected chi connectivity index (χ4v) is 2.72. The Morgan fingerprint density at radius 2 is 2.12 bits per heavy atom. The van der Waals surface area contributed by atoms with Gasteiger partial charge in [0.05, 0.1) is 6.61 Å². The van der Waals surface area contributed by atoms with Crippen molar-refractivity contribution in [1.29, 1.82) is 0 Å². The number of benzene rings is 1. The van der Waals surface area contributed by atoms with Crippen LogP contribution < -0.4 is 5.32 Å². The van der Waals surface area contributed by atoms with E-state index in [1.165, 1.54) is 17.7 Å². The third-order valence-corrected chi connectivity index (χ3v) is 4.09. The lowest BCUT2D eigenvalue weighted by atomic mass is 10.1. The second-order valence-corrected chi connectivity index (χ2v) is 5.88. The molecular formula is C15H16N6O2S. The first kappa shape index (κ1) is 16.2. The van der Waals surface area contributed by atoms with Crippen LogP contribution in [-0.4, -0.2) is 44.5 Å². The first-order valence-electron chi connectivity index (χ1n) is 7.43. The number of hydrogen-bond acceptors (Lipinski definition) is 7. The molecule has 0 aliphatic rings. The minimum atomic E-state index is -0.230. The topological polar surface area (TPSA) is 106 Å². The Hall–Kier alpha value is -2.65. The first-order valence-corrected chi connectivity index (χ1v) is 8.25. The van der Waals surface area contributed by atoms with Gasteiger partial charge < -0.3 is 4.74 Å². The van der Waals surface area contributed by atoms with Gasteiger partial charge in [0.2, 0.25) is 5.13 Å². The van der Waals surface area contributed by atoms with Gasteiger partial charge in [-0.1, -0.05) is 23.5 Å². The molecule has 1 amide bonds. The Balaban J connectivity index is 1.60. The molecule has 0 fully saturated rings. The number of aromatic amines is 1. The van der Waals surface area contributed by atoms with E-state index < -0.39 is 0 Å². The number of amides is 1. The zero-order valence-electron chi connectivity index (χ0n) is 13.0. The van der Waals surface area contributed by atoms with E-state index in [0.29, 0.717) is 36.2 Å². The minimum absolute atomic E-state index is 0.230. The highest BCUT2D eigenvalue weighted by Crippen LogP contribution is 2.18. The lowest BCUT2D eigenvalue weighted by Gasteiger charge is -2.02. The minimum Gasteiger partial charge on any atom is -0.381 e. The summed E-state index contributed by atoms with van der Waals surface area (Å²) in [6.07, 6.45) is 2.13. The number of nitrogens with zero attached hydrogens (tertiary/aromatic N) is 4. The van der Waals surface area contributed by atoms with Gasteiger partial charge >= 0.3 is 0 Å². The molecule has 124 valence electrons. The van der Waals surface area contributed by atoms with Crippen LogP contribution in [0.5, 0.6) is 0 Å². The number of nitrogens with one attached hydrogen (secondary N) is 2. The van der Waals surface area contributed by atoms with Crippen LogP contribution in [0.3, 0.4) is 0 Å². The molecule has 0 saturated heterocycles. The summed E-state index contributed by atoms with van der Waals surface area (Å²) in [4.78, 5) is 16.3. The fourth-order valence-electron chi connectivity index (χ4n) is 2.00. The van der Waals surface area contributed by atoms with Gasteiger partial charge in [0.15, 0.2) is 5.82 Å². The number of ether oxygens (including phenoxy) is 1. The van der Waals surface area contributed by atoms with E-state index in [4.69, 9.17) is 4.74 Å². The highest BCUT2D eigenvalue weighted by atomic mass is 32.1. The summed E-state index contributed by atoms with van der Waals surface area (Å²) in [5.74, 6) is 0.427. The summed E-state index contributed by atoms with van der Waals surface area (Å²) < 4.78 is 5.28.